The summed E-state index contributed by atoms with van der Waals surface area (Å²) < 4.78 is 5.78. The van der Waals surface area contributed by atoms with Gasteiger partial charge in [-0.1, -0.05) is 91.0 Å². The average molecular weight is 580 g/mol. The predicted octanol–water partition coefficient (Wildman–Crippen LogP) is 4.18. The zero-order chi connectivity index (χ0) is 30.4. The van der Waals surface area contributed by atoms with Crippen LogP contribution in [-0.2, 0) is 29.2 Å². The minimum Gasteiger partial charge on any atom is -0.489 e. The van der Waals surface area contributed by atoms with Gasteiger partial charge in [0.25, 0.3) is 5.91 Å². The summed E-state index contributed by atoms with van der Waals surface area (Å²) in [6.45, 7) is 2.11. The Morgan fingerprint density at radius 1 is 0.698 bits per heavy atom. The van der Waals surface area contributed by atoms with Crippen LogP contribution in [0.2, 0.25) is 0 Å². The van der Waals surface area contributed by atoms with Crippen LogP contribution < -0.4 is 20.7 Å². The van der Waals surface area contributed by atoms with Gasteiger partial charge in [0, 0.05) is 12.1 Å². The first-order valence-electron chi connectivity index (χ1n) is 14.3. The molecule has 3 amide bonds. The molecule has 222 valence electrons. The number of benzene rings is 4. The van der Waals surface area contributed by atoms with Crippen molar-refractivity contribution >= 4 is 17.7 Å². The van der Waals surface area contributed by atoms with Crippen LogP contribution in [0, 0.1) is 0 Å². The van der Waals surface area contributed by atoms with E-state index in [1.54, 1.807) is 24.3 Å². The SMILES string of the molecule is C[C@@H](O)[C@H](NC(=O)c1ccc(OCc2ccccc2)cc1)C(=O)N[C@@H](CCc1ccccc1)C(=O)NCc1ccccc1. The molecule has 4 N–H and O–H groups in total. The molecule has 0 unspecified atom stereocenters. The maximum Gasteiger partial charge on any atom is 0.252 e. The molecule has 0 saturated heterocycles. The Hall–Kier alpha value is -4.95. The predicted molar refractivity (Wildman–Crippen MR) is 165 cm³/mol. The summed E-state index contributed by atoms with van der Waals surface area (Å²) in [4.78, 5) is 39.6. The molecule has 8 heteroatoms. The number of amides is 3. The summed E-state index contributed by atoms with van der Waals surface area (Å²) in [5.74, 6) is -0.952. The minimum atomic E-state index is -1.28. The number of carbonyl (C=O) groups is 3. The van der Waals surface area contributed by atoms with E-state index >= 15 is 0 Å². The van der Waals surface area contributed by atoms with E-state index in [2.05, 4.69) is 16.0 Å². The smallest absolute Gasteiger partial charge is 0.252 e. The van der Waals surface area contributed by atoms with E-state index in [9.17, 15) is 19.5 Å². The molecular formula is C35H37N3O5. The Kier molecular flexibility index (Phi) is 11.5. The first-order chi connectivity index (χ1) is 20.9. The third kappa shape index (κ3) is 9.83. The van der Waals surface area contributed by atoms with Crippen LogP contribution in [0.25, 0.3) is 0 Å². The van der Waals surface area contributed by atoms with E-state index in [1.807, 2.05) is 91.0 Å². The Bertz CT molecular complexity index is 1450. The number of nitrogens with one attached hydrogen (secondary N) is 3. The first kappa shape index (κ1) is 31.0. The Balaban J connectivity index is 1.38. The number of hydrogen-bond donors (Lipinski definition) is 4. The van der Waals surface area contributed by atoms with E-state index in [4.69, 9.17) is 4.74 Å². The van der Waals surface area contributed by atoms with Crippen molar-refractivity contribution in [3.05, 3.63) is 138 Å². The number of aliphatic hydroxyl groups excluding tert-OH is 1. The van der Waals surface area contributed by atoms with Gasteiger partial charge in [0.1, 0.15) is 24.4 Å². The summed E-state index contributed by atoms with van der Waals surface area (Å²) in [5, 5.41) is 18.7. The summed E-state index contributed by atoms with van der Waals surface area (Å²) in [5.41, 5.74) is 3.27. The van der Waals surface area contributed by atoms with Crippen molar-refractivity contribution in [2.45, 2.75) is 51.1 Å². The van der Waals surface area contributed by atoms with E-state index < -0.39 is 30.0 Å². The maximum absolute atomic E-state index is 13.3. The van der Waals surface area contributed by atoms with Crippen molar-refractivity contribution in [2.24, 2.45) is 0 Å². The lowest BCUT2D eigenvalue weighted by Crippen LogP contribution is -2.57. The van der Waals surface area contributed by atoms with Gasteiger partial charge in [-0.25, -0.2) is 0 Å². The third-order valence-electron chi connectivity index (χ3n) is 6.92. The molecule has 0 radical (unpaired) electrons. The lowest BCUT2D eigenvalue weighted by atomic mass is 10.0. The molecule has 0 aliphatic rings. The second kappa shape index (κ2) is 15.9. The number of ether oxygens (including phenoxy) is 1. The Morgan fingerprint density at radius 2 is 1.26 bits per heavy atom. The highest BCUT2D eigenvalue weighted by atomic mass is 16.5. The average Bonchev–Trinajstić information content (AvgIpc) is 3.04. The largest absolute Gasteiger partial charge is 0.489 e. The highest BCUT2D eigenvalue weighted by molar-refractivity contribution is 5.98. The van der Waals surface area contributed by atoms with Crippen LogP contribution in [0.1, 0.15) is 40.4 Å². The molecule has 0 aromatic heterocycles. The fraction of sp³-hybridized carbons (Fsp3) is 0.229. The first-order valence-corrected chi connectivity index (χ1v) is 14.3. The van der Waals surface area contributed by atoms with Crippen LogP contribution in [0.3, 0.4) is 0 Å². The Labute approximate surface area is 252 Å². The molecule has 0 saturated carbocycles. The second-order valence-corrected chi connectivity index (χ2v) is 10.3. The number of carbonyl (C=O) groups excluding carboxylic acids is 3. The van der Waals surface area contributed by atoms with Gasteiger partial charge in [-0.3, -0.25) is 14.4 Å². The summed E-state index contributed by atoms with van der Waals surface area (Å²) in [6, 6.07) is 33.2. The normalized spacial score (nSPS) is 12.8. The molecular weight excluding hydrogens is 542 g/mol. The van der Waals surface area contributed by atoms with Crippen LogP contribution in [0.5, 0.6) is 5.75 Å². The number of aryl methyl sites for hydroxylation is 1. The maximum atomic E-state index is 13.3. The van der Waals surface area contributed by atoms with Crippen molar-refractivity contribution in [1.82, 2.24) is 16.0 Å². The number of hydrogen-bond acceptors (Lipinski definition) is 5. The highest BCUT2D eigenvalue weighted by Crippen LogP contribution is 2.15. The number of rotatable bonds is 14. The van der Waals surface area contributed by atoms with Gasteiger partial charge in [-0.15, -0.1) is 0 Å². The van der Waals surface area contributed by atoms with Crippen molar-refractivity contribution in [3.8, 4) is 5.75 Å². The van der Waals surface area contributed by atoms with E-state index in [0.29, 0.717) is 37.3 Å². The molecule has 4 rings (SSSR count). The van der Waals surface area contributed by atoms with Gasteiger partial charge >= 0.3 is 0 Å². The van der Waals surface area contributed by atoms with Crippen LogP contribution in [0.4, 0.5) is 0 Å². The summed E-state index contributed by atoms with van der Waals surface area (Å²) >= 11 is 0. The Morgan fingerprint density at radius 3 is 1.84 bits per heavy atom. The monoisotopic (exact) mass is 579 g/mol. The van der Waals surface area contributed by atoms with Gasteiger partial charge in [-0.05, 0) is 60.7 Å². The fourth-order valence-electron chi connectivity index (χ4n) is 4.47. The zero-order valence-electron chi connectivity index (χ0n) is 24.1. The van der Waals surface area contributed by atoms with Crippen LogP contribution in [0.15, 0.2) is 115 Å². The molecule has 4 aromatic carbocycles. The molecule has 8 nitrogen and oxygen atoms in total. The van der Waals surface area contributed by atoms with Crippen molar-refractivity contribution in [2.75, 3.05) is 0 Å². The van der Waals surface area contributed by atoms with Gasteiger partial charge in [0.15, 0.2) is 0 Å². The molecule has 0 aliphatic carbocycles. The fourth-order valence-corrected chi connectivity index (χ4v) is 4.47. The molecule has 0 fully saturated rings. The molecule has 4 aromatic rings. The summed E-state index contributed by atoms with van der Waals surface area (Å²) in [7, 11) is 0. The molecule has 43 heavy (non-hydrogen) atoms. The van der Waals surface area contributed by atoms with Gasteiger partial charge < -0.3 is 25.8 Å². The quantitative estimate of drug-likeness (QED) is 0.179. The van der Waals surface area contributed by atoms with E-state index in [-0.39, 0.29) is 5.91 Å². The molecule has 0 heterocycles. The minimum absolute atomic E-state index is 0.298. The van der Waals surface area contributed by atoms with Crippen LogP contribution >= 0.6 is 0 Å². The molecule has 0 bridgehead atoms. The van der Waals surface area contributed by atoms with Gasteiger partial charge in [0.05, 0.1) is 6.10 Å². The molecule has 3 atom stereocenters. The zero-order valence-corrected chi connectivity index (χ0v) is 24.1. The highest BCUT2D eigenvalue weighted by Gasteiger charge is 2.30. The second-order valence-electron chi connectivity index (χ2n) is 10.3. The lowest BCUT2D eigenvalue weighted by molar-refractivity contribution is -0.131. The number of aliphatic hydroxyl groups is 1. The third-order valence-corrected chi connectivity index (χ3v) is 6.92. The van der Waals surface area contributed by atoms with Gasteiger partial charge in [-0.2, -0.15) is 0 Å². The van der Waals surface area contributed by atoms with E-state index in [0.717, 1.165) is 16.7 Å². The molecule has 0 spiro atoms. The van der Waals surface area contributed by atoms with Crippen molar-refractivity contribution in [1.29, 1.82) is 0 Å². The molecule has 0 aliphatic heterocycles. The van der Waals surface area contributed by atoms with E-state index in [1.165, 1.54) is 6.92 Å². The van der Waals surface area contributed by atoms with Crippen molar-refractivity contribution in [3.63, 3.8) is 0 Å². The standard InChI is InChI=1S/C35H37N3O5/c1-25(39)32(38-33(40)29-18-20-30(21-19-29)43-24-28-15-9-4-10-16-28)35(42)37-31(22-17-26-11-5-2-6-12-26)34(41)36-23-27-13-7-3-8-14-27/h2-16,18-21,25,31-32,39H,17,22-24H2,1H3,(H,36,41)(H,37,42)(H,38,40)/t25-,31+,32+/m1/s1. The topological polar surface area (TPSA) is 117 Å². The summed E-state index contributed by atoms with van der Waals surface area (Å²) in [6.07, 6.45) is -0.324. The van der Waals surface area contributed by atoms with Gasteiger partial charge in [0.2, 0.25) is 11.8 Å². The van der Waals surface area contributed by atoms with Crippen LogP contribution in [-0.4, -0.2) is 41.0 Å². The van der Waals surface area contributed by atoms with Crippen molar-refractivity contribution < 1.29 is 24.2 Å². The lowest BCUT2D eigenvalue weighted by Gasteiger charge is -2.25.